The van der Waals surface area contributed by atoms with Crippen molar-refractivity contribution in [1.82, 2.24) is 0 Å². The van der Waals surface area contributed by atoms with Crippen molar-refractivity contribution in [1.29, 1.82) is 0 Å². The highest BCUT2D eigenvalue weighted by Gasteiger charge is 2.14. The Morgan fingerprint density at radius 1 is 0.944 bits per heavy atom. The van der Waals surface area contributed by atoms with Crippen LogP contribution in [0.25, 0.3) is 11.1 Å². The van der Waals surface area contributed by atoms with E-state index in [0.717, 1.165) is 16.7 Å². The number of hydrogen-bond acceptors (Lipinski definition) is 2. The fourth-order valence-corrected chi connectivity index (χ4v) is 3.09. The second-order valence-electron chi connectivity index (χ2n) is 4.29. The molecule has 0 heterocycles. The lowest BCUT2D eigenvalue weighted by Gasteiger charge is -2.07. The first kappa shape index (κ1) is 13.1. The highest BCUT2D eigenvalue weighted by atomic mass is 35.7. The third-order valence-corrected chi connectivity index (χ3v) is 4.27. The normalized spacial score (nSPS) is 11.5. The Balaban J connectivity index is 2.61. The molecule has 0 amide bonds. The lowest BCUT2D eigenvalue weighted by atomic mass is 10.0. The molecule has 0 aliphatic heterocycles. The molecule has 0 fully saturated rings. The minimum Gasteiger partial charge on any atom is -0.207 e. The largest absolute Gasteiger partial charge is 0.261 e. The Morgan fingerprint density at radius 2 is 1.61 bits per heavy atom. The average molecular weight is 281 g/mol. The van der Waals surface area contributed by atoms with Gasteiger partial charge in [0, 0.05) is 10.7 Å². The topological polar surface area (TPSA) is 34.1 Å². The lowest BCUT2D eigenvalue weighted by molar-refractivity contribution is 0.609. The molecule has 0 saturated heterocycles. The molecular weight excluding hydrogens is 268 g/mol. The average Bonchev–Trinajstić information content (AvgIpc) is 2.28. The van der Waals surface area contributed by atoms with Crippen molar-refractivity contribution in [2.24, 2.45) is 0 Å². The summed E-state index contributed by atoms with van der Waals surface area (Å²) in [4.78, 5) is 0.170. The van der Waals surface area contributed by atoms with Gasteiger partial charge in [-0.1, -0.05) is 42.0 Å². The van der Waals surface area contributed by atoms with E-state index < -0.39 is 9.05 Å². The van der Waals surface area contributed by atoms with Gasteiger partial charge in [0.25, 0.3) is 9.05 Å². The summed E-state index contributed by atoms with van der Waals surface area (Å²) in [6.07, 6.45) is 0. The van der Waals surface area contributed by atoms with E-state index in [0.29, 0.717) is 5.56 Å². The van der Waals surface area contributed by atoms with E-state index in [4.69, 9.17) is 10.7 Å². The van der Waals surface area contributed by atoms with Crippen LogP contribution < -0.4 is 0 Å². The van der Waals surface area contributed by atoms with Crippen molar-refractivity contribution in [3.63, 3.8) is 0 Å². The molecule has 0 aliphatic carbocycles. The Bertz CT molecular complexity index is 691. The van der Waals surface area contributed by atoms with Crippen LogP contribution in [0.2, 0.25) is 0 Å². The lowest BCUT2D eigenvalue weighted by Crippen LogP contribution is -1.95. The van der Waals surface area contributed by atoms with Gasteiger partial charge < -0.3 is 0 Å². The molecule has 2 aromatic rings. The molecule has 94 valence electrons. The van der Waals surface area contributed by atoms with Crippen molar-refractivity contribution < 1.29 is 8.42 Å². The number of halogens is 1. The molecule has 0 aromatic heterocycles. The van der Waals surface area contributed by atoms with Crippen LogP contribution in [0.4, 0.5) is 0 Å². The van der Waals surface area contributed by atoms with E-state index in [1.807, 2.05) is 37.3 Å². The van der Waals surface area contributed by atoms with Crippen LogP contribution in [0.1, 0.15) is 11.1 Å². The molecule has 0 unspecified atom stereocenters. The second kappa shape index (κ2) is 4.75. The van der Waals surface area contributed by atoms with Crippen LogP contribution in [0.15, 0.2) is 47.4 Å². The maximum Gasteiger partial charge on any atom is 0.261 e. The first-order valence-electron chi connectivity index (χ1n) is 5.50. The predicted molar refractivity (Wildman–Crippen MR) is 74.4 cm³/mol. The van der Waals surface area contributed by atoms with Crippen LogP contribution >= 0.6 is 10.7 Å². The summed E-state index contributed by atoms with van der Waals surface area (Å²) in [5.41, 5.74) is 3.62. The van der Waals surface area contributed by atoms with E-state index in [2.05, 4.69) is 0 Å². The smallest absolute Gasteiger partial charge is 0.207 e. The minimum absolute atomic E-state index is 0.170. The van der Waals surface area contributed by atoms with Crippen LogP contribution in [-0.2, 0) is 9.05 Å². The Hall–Kier alpha value is -1.32. The Labute approximate surface area is 112 Å². The van der Waals surface area contributed by atoms with E-state index in [-0.39, 0.29) is 4.90 Å². The monoisotopic (exact) mass is 280 g/mol. The van der Waals surface area contributed by atoms with E-state index in [1.54, 1.807) is 19.1 Å². The molecule has 0 bridgehead atoms. The van der Waals surface area contributed by atoms with Crippen molar-refractivity contribution in [2.75, 3.05) is 0 Å². The van der Waals surface area contributed by atoms with Crippen LogP contribution in [0, 0.1) is 13.8 Å². The van der Waals surface area contributed by atoms with Crippen molar-refractivity contribution in [2.45, 2.75) is 18.7 Å². The summed E-state index contributed by atoms with van der Waals surface area (Å²) in [7, 11) is 1.72. The second-order valence-corrected chi connectivity index (χ2v) is 6.82. The molecule has 2 rings (SSSR count). The molecule has 0 spiro atoms. The Morgan fingerprint density at radius 3 is 2.22 bits per heavy atom. The number of rotatable bonds is 2. The highest BCUT2D eigenvalue weighted by Crippen LogP contribution is 2.27. The van der Waals surface area contributed by atoms with Gasteiger partial charge in [-0.25, -0.2) is 8.42 Å². The SMILES string of the molecule is Cc1cccc(-c2ccc(C)c(S(=O)(=O)Cl)c2)c1. The number of hydrogen-bond donors (Lipinski definition) is 0. The summed E-state index contributed by atoms with van der Waals surface area (Å²) < 4.78 is 22.9. The molecule has 2 nitrogen and oxygen atoms in total. The Kier molecular flexibility index (Phi) is 3.46. The predicted octanol–water partition coefficient (Wildman–Crippen LogP) is 3.90. The van der Waals surface area contributed by atoms with Crippen LogP contribution in [0.3, 0.4) is 0 Å². The van der Waals surface area contributed by atoms with Gasteiger partial charge in [0.15, 0.2) is 0 Å². The third kappa shape index (κ3) is 2.74. The van der Waals surface area contributed by atoms with Gasteiger partial charge in [-0.3, -0.25) is 0 Å². The first-order valence-corrected chi connectivity index (χ1v) is 7.81. The maximum absolute atomic E-state index is 11.5. The van der Waals surface area contributed by atoms with Gasteiger partial charge >= 0.3 is 0 Å². The molecule has 0 aliphatic rings. The molecule has 0 N–H and O–H groups in total. The van der Waals surface area contributed by atoms with Crippen molar-refractivity contribution in [3.8, 4) is 11.1 Å². The summed E-state index contributed by atoms with van der Waals surface area (Å²) in [5, 5.41) is 0. The van der Waals surface area contributed by atoms with Crippen LogP contribution in [-0.4, -0.2) is 8.42 Å². The highest BCUT2D eigenvalue weighted by molar-refractivity contribution is 8.13. The maximum atomic E-state index is 11.5. The van der Waals surface area contributed by atoms with Gasteiger partial charge in [0.1, 0.15) is 0 Å². The standard InChI is InChI=1S/C14H13ClO2S/c1-10-4-3-5-12(8-10)13-7-6-11(2)14(9-13)18(15,16)17/h3-9H,1-2H3. The van der Waals surface area contributed by atoms with Gasteiger partial charge in [-0.2, -0.15) is 0 Å². The van der Waals surface area contributed by atoms with Gasteiger partial charge in [0.05, 0.1) is 4.90 Å². The van der Waals surface area contributed by atoms with Gasteiger partial charge in [0.2, 0.25) is 0 Å². The molecule has 18 heavy (non-hydrogen) atoms. The zero-order valence-electron chi connectivity index (χ0n) is 10.1. The van der Waals surface area contributed by atoms with Crippen molar-refractivity contribution >= 4 is 19.7 Å². The molecular formula is C14H13ClO2S. The van der Waals surface area contributed by atoms with Gasteiger partial charge in [-0.15, -0.1) is 0 Å². The molecule has 0 radical (unpaired) electrons. The summed E-state index contributed by atoms with van der Waals surface area (Å²) >= 11 is 0. The molecule has 0 atom stereocenters. The van der Waals surface area contributed by atoms with E-state index in [9.17, 15) is 8.42 Å². The quantitative estimate of drug-likeness (QED) is 0.782. The molecule has 4 heteroatoms. The zero-order chi connectivity index (χ0) is 13.3. The zero-order valence-corrected chi connectivity index (χ0v) is 11.7. The van der Waals surface area contributed by atoms with Crippen LogP contribution in [0.5, 0.6) is 0 Å². The van der Waals surface area contributed by atoms with Gasteiger partial charge in [-0.05, 0) is 36.6 Å². The molecule has 2 aromatic carbocycles. The third-order valence-electron chi connectivity index (χ3n) is 2.80. The van der Waals surface area contributed by atoms with E-state index >= 15 is 0 Å². The van der Waals surface area contributed by atoms with Crippen molar-refractivity contribution in [3.05, 3.63) is 53.6 Å². The van der Waals surface area contributed by atoms with E-state index in [1.165, 1.54) is 0 Å². The number of benzene rings is 2. The summed E-state index contributed by atoms with van der Waals surface area (Å²) in [6.45, 7) is 3.73. The minimum atomic E-state index is -3.70. The first-order chi connectivity index (χ1) is 8.38. The summed E-state index contributed by atoms with van der Waals surface area (Å²) in [6, 6.07) is 13.2. The number of aryl methyl sites for hydroxylation is 2. The fourth-order valence-electron chi connectivity index (χ4n) is 1.87. The summed E-state index contributed by atoms with van der Waals surface area (Å²) in [5.74, 6) is 0. The molecule has 0 saturated carbocycles. The fraction of sp³-hybridized carbons (Fsp3) is 0.143.